The van der Waals surface area contributed by atoms with Crippen LogP contribution in [-0.4, -0.2) is 10.8 Å². The maximum absolute atomic E-state index is 13.1. The predicted octanol–water partition coefficient (Wildman–Crippen LogP) is 5.10. The van der Waals surface area contributed by atoms with E-state index in [1.807, 2.05) is 54.6 Å². The monoisotopic (exact) mass is 379 g/mol. The number of ketones is 1. The molecule has 1 aromatic heterocycles. The predicted molar refractivity (Wildman–Crippen MR) is 100 cm³/mol. The van der Waals surface area contributed by atoms with Crippen LogP contribution in [0.5, 0.6) is 0 Å². The molecular formula is C21H18BrNO. The quantitative estimate of drug-likeness (QED) is 0.617. The van der Waals surface area contributed by atoms with Crippen molar-refractivity contribution in [1.82, 2.24) is 4.98 Å². The van der Waals surface area contributed by atoms with Gasteiger partial charge in [-0.2, -0.15) is 0 Å². The first-order chi connectivity index (χ1) is 11.6. The van der Waals surface area contributed by atoms with Gasteiger partial charge in [0.05, 0.1) is 5.92 Å². The van der Waals surface area contributed by atoms with Gasteiger partial charge in [-0.15, -0.1) is 0 Å². The second kappa shape index (κ2) is 7.54. The number of Topliss-reactive ketones (excluding diaryl/α,β-unsaturated/α-hetero) is 1. The molecule has 0 aliphatic rings. The van der Waals surface area contributed by atoms with Gasteiger partial charge in [0.15, 0.2) is 0 Å². The number of nitrogens with zero attached hydrogens (tertiary/aromatic N) is 1. The Morgan fingerprint density at radius 1 is 1.04 bits per heavy atom. The number of halogens is 1. The lowest BCUT2D eigenvalue weighted by Crippen LogP contribution is -2.17. The molecule has 3 rings (SSSR count). The first kappa shape index (κ1) is 16.6. The van der Waals surface area contributed by atoms with E-state index in [4.69, 9.17) is 0 Å². The van der Waals surface area contributed by atoms with Crippen LogP contribution in [0.3, 0.4) is 0 Å². The molecule has 0 saturated heterocycles. The summed E-state index contributed by atoms with van der Waals surface area (Å²) in [5.74, 6) is -0.0783. The van der Waals surface area contributed by atoms with Gasteiger partial charge >= 0.3 is 0 Å². The number of aryl methyl sites for hydroxylation is 1. The first-order valence-electron chi connectivity index (χ1n) is 7.88. The van der Waals surface area contributed by atoms with Gasteiger partial charge in [0, 0.05) is 23.3 Å². The molecule has 1 unspecified atom stereocenters. The topological polar surface area (TPSA) is 30.0 Å². The SMILES string of the molecule is Cc1ccccc1C(C(=O)Cc1ccncc1)c1cccc(Br)c1. The minimum Gasteiger partial charge on any atom is -0.298 e. The molecule has 3 aromatic rings. The molecule has 0 fully saturated rings. The number of carbonyl (C=O) groups is 1. The highest BCUT2D eigenvalue weighted by atomic mass is 79.9. The molecule has 3 heteroatoms. The molecule has 1 heterocycles. The van der Waals surface area contributed by atoms with E-state index in [0.717, 1.165) is 26.7 Å². The largest absolute Gasteiger partial charge is 0.298 e. The molecule has 2 aromatic carbocycles. The maximum atomic E-state index is 13.1. The van der Waals surface area contributed by atoms with Gasteiger partial charge in [-0.1, -0.05) is 52.3 Å². The summed E-state index contributed by atoms with van der Waals surface area (Å²) in [5, 5.41) is 0. The van der Waals surface area contributed by atoms with Gasteiger partial charge in [0.25, 0.3) is 0 Å². The van der Waals surface area contributed by atoms with E-state index >= 15 is 0 Å². The molecule has 0 aliphatic heterocycles. The molecule has 2 nitrogen and oxygen atoms in total. The highest BCUT2D eigenvalue weighted by Gasteiger charge is 2.24. The molecule has 0 amide bonds. The number of benzene rings is 2. The van der Waals surface area contributed by atoms with E-state index < -0.39 is 0 Å². The van der Waals surface area contributed by atoms with Crippen LogP contribution in [0, 0.1) is 6.92 Å². The minimum atomic E-state index is -0.267. The van der Waals surface area contributed by atoms with Crippen molar-refractivity contribution in [3.8, 4) is 0 Å². The summed E-state index contributed by atoms with van der Waals surface area (Å²) in [7, 11) is 0. The summed E-state index contributed by atoms with van der Waals surface area (Å²) in [6.45, 7) is 2.06. The van der Waals surface area contributed by atoms with Gasteiger partial charge < -0.3 is 0 Å². The zero-order valence-electron chi connectivity index (χ0n) is 13.4. The van der Waals surface area contributed by atoms with Crippen molar-refractivity contribution in [2.75, 3.05) is 0 Å². The van der Waals surface area contributed by atoms with Gasteiger partial charge in [-0.3, -0.25) is 9.78 Å². The average Bonchev–Trinajstić information content (AvgIpc) is 2.58. The molecule has 0 bridgehead atoms. The summed E-state index contributed by atoms with van der Waals surface area (Å²) < 4.78 is 0.982. The van der Waals surface area contributed by atoms with Crippen LogP contribution in [0.25, 0.3) is 0 Å². The Morgan fingerprint density at radius 3 is 2.50 bits per heavy atom. The van der Waals surface area contributed by atoms with Crippen molar-refractivity contribution in [2.24, 2.45) is 0 Å². The van der Waals surface area contributed by atoms with E-state index in [2.05, 4.69) is 33.9 Å². The van der Waals surface area contributed by atoms with Crippen molar-refractivity contribution in [3.63, 3.8) is 0 Å². The fourth-order valence-corrected chi connectivity index (χ4v) is 3.36. The average molecular weight is 380 g/mol. The summed E-state index contributed by atoms with van der Waals surface area (Å²) >= 11 is 3.52. The molecular weight excluding hydrogens is 362 g/mol. The molecule has 0 N–H and O–H groups in total. The number of hydrogen-bond acceptors (Lipinski definition) is 2. The Bertz CT molecular complexity index is 845. The standard InChI is InChI=1S/C21H18BrNO/c1-15-5-2-3-8-19(15)21(17-6-4-7-18(22)14-17)20(24)13-16-9-11-23-12-10-16/h2-12,14,21H,13H2,1H3. The number of carbonyl (C=O) groups excluding carboxylic acids is 1. The second-order valence-electron chi connectivity index (χ2n) is 5.84. The van der Waals surface area contributed by atoms with Gasteiger partial charge in [0.2, 0.25) is 0 Å². The van der Waals surface area contributed by atoms with Gasteiger partial charge in [0.1, 0.15) is 5.78 Å². The first-order valence-corrected chi connectivity index (χ1v) is 8.67. The Balaban J connectivity index is 2.02. The normalized spacial score (nSPS) is 11.9. The highest BCUT2D eigenvalue weighted by molar-refractivity contribution is 9.10. The number of pyridine rings is 1. The van der Waals surface area contributed by atoms with Crippen molar-refractivity contribution >= 4 is 21.7 Å². The zero-order valence-corrected chi connectivity index (χ0v) is 15.0. The molecule has 24 heavy (non-hydrogen) atoms. The summed E-state index contributed by atoms with van der Waals surface area (Å²) in [5.41, 5.74) is 4.20. The molecule has 0 spiro atoms. The maximum Gasteiger partial charge on any atom is 0.149 e. The summed E-state index contributed by atoms with van der Waals surface area (Å²) in [6, 6.07) is 19.9. The third-order valence-corrected chi connectivity index (χ3v) is 4.62. The van der Waals surface area contributed by atoms with Gasteiger partial charge in [-0.25, -0.2) is 0 Å². The highest BCUT2D eigenvalue weighted by Crippen LogP contribution is 2.30. The van der Waals surface area contributed by atoms with Crippen LogP contribution in [0.4, 0.5) is 0 Å². The summed E-state index contributed by atoms with van der Waals surface area (Å²) in [4.78, 5) is 17.2. The fraction of sp³-hybridized carbons (Fsp3) is 0.143. The van der Waals surface area contributed by atoms with Crippen LogP contribution >= 0.6 is 15.9 Å². The Hall–Kier alpha value is -2.26. The molecule has 1 atom stereocenters. The van der Waals surface area contributed by atoms with Crippen LogP contribution in [0.1, 0.15) is 28.2 Å². The Kier molecular flexibility index (Phi) is 5.21. The van der Waals surface area contributed by atoms with Crippen molar-refractivity contribution in [1.29, 1.82) is 0 Å². The smallest absolute Gasteiger partial charge is 0.149 e. The van der Waals surface area contributed by atoms with Crippen molar-refractivity contribution in [3.05, 3.63) is 99.8 Å². The Labute approximate surface area is 150 Å². The van der Waals surface area contributed by atoms with Crippen LogP contribution in [0.15, 0.2) is 77.5 Å². The van der Waals surface area contributed by atoms with Crippen LogP contribution in [-0.2, 0) is 11.2 Å². The molecule has 120 valence electrons. The van der Waals surface area contributed by atoms with Crippen LogP contribution < -0.4 is 0 Å². The summed E-state index contributed by atoms with van der Waals surface area (Å²) in [6.07, 6.45) is 3.85. The lowest BCUT2D eigenvalue weighted by Gasteiger charge is -2.19. The van der Waals surface area contributed by atoms with E-state index in [0.29, 0.717) is 6.42 Å². The van der Waals surface area contributed by atoms with E-state index in [1.165, 1.54) is 0 Å². The van der Waals surface area contributed by atoms with E-state index in [-0.39, 0.29) is 11.7 Å². The second-order valence-corrected chi connectivity index (χ2v) is 6.76. The molecule has 0 aliphatic carbocycles. The van der Waals surface area contributed by atoms with E-state index in [9.17, 15) is 4.79 Å². The lowest BCUT2D eigenvalue weighted by molar-refractivity contribution is -0.119. The number of rotatable bonds is 5. The van der Waals surface area contributed by atoms with Gasteiger partial charge in [-0.05, 0) is 53.4 Å². The third-order valence-electron chi connectivity index (χ3n) is 4.13. The van der Waals surface area contributed by atoms with Crippen LogP contribution in [0.2, 0.25) is 0 Å². The van der Waals surface area contributed by atoms with Crippen molar-refractivity contribution in [2.45, 2.75) is 19.3 Å². The molecule has 0 radical (unpaired) electrons. The fourth-order valence-electron chi connectivity index (χ4n) is 2.94. The zero-order chi connectivity index (χ0) is 16.9. The number of aromatic nitrogens is 1. The molecule has 0 saturated carbocycles. The minimum absolute atomic E-state index is 0.189. The Morgan fingerprint density at radius 2 is 1.79 bits per heavy atom. The lowest BCUT2D eigenvalue weighted by atomic mass is 9.83. The van der Waals surface area contributed by atoms with E-state index in [1.54, 1.807) is 12.4 Å². The number of hydrogen-bond donors (Lipinski definition) is 0. The third kappa shape index (κ3) is 3.80. The van der Waals surface area contributed by atoms with Crippen molar-refractivity contribution < 1.29 is 4.79 Å².